The van der Waals surface area contributed by atoms with Gasteiger partial charge in [0.2, 0.25) is 0 Å². The fourth-order valence-electron chi connectivity index (χ4n) is 2.41. The fourth-order valence-corrected chi connectivity index (χ4v) is 2.41. The van der Waals surface area contributed by atoms with Crippen molar-refractivity contribution in [2.45, 2.75) is 31.8 Å². The van der Waals surface area contributed by atoms with Gasteiger partial charge in [-0.25, -0.2) is 0 Å². The first kappa shape index (κ1) is 7.99. The molecule has 0 aromatic rings. The molecule has 1 N–H and O–H groups in total. The van der Waals surface area contributed by atoms with Crippen LogP contribution in [-0.2, 0) is 4.79 Å². The van der Waals surface area contributed by atoms with Gasteiger partial charge in [0.25, 0.3) is 0 Å². The van der Waals surface area contributed by atoms with Gasteiger partial charge < -0.3 is 5.11 Å². The first-order valence-electron chi connectivity index (χ1n) is 4.54. The monoisotopic (exact) mass is 166 g/mol. The molecule has 66 valence electrons. The van der Waals surface area contributed by atoms with Gasteiger partial charge in [0.15, 0.2) is 0 Å². The molecule has 3 rings (SSSR count). The predicted octanol–water partition coefficient (Wildman–Crippen LogP) is 1.29. The molecule has 2 nitrogen and oxygen atoms in total. The Kier molecular flexibility index (Phi) is 1.62. The summed E-state index contributed by atoms with van der Waals surface area (Å²) in [4.78, 5) is 11.2. The van der Waals surface area contributed by atoms with Gasteiger partial charge in [0.05, 0.1) is 11.5 Å². The van der Waals surface area contributed by atoms with E-state index in [1.165, 1.54) is 0 Å². The highest BCUT2D eigenvalue weighted by atomic mass is 16.3. The average Bonchev–Trinajstić information content (AvgIpc) is 2.04. The summed E-state index contributed by atoms with van der Waals surface area (Å²) in [5, 5.41) is 10.0. The van der Waals surface area contributed by atoms with Gasteiger partial charge in [0, 0.05) is 0 Å². The van der Waals surface area contributed by atoms with E-state index < -0.39 is 5.60 Å². The Morgan fingerprint density at radius 2 is 2.42 bits per heavy atom. The van der Waals surface area contributed by atoms with Crippen molar-refractivity contribution in [2.24, 2.45) is 11.8 Å². The fraction of sp³-hybridized carbons (Fsp3) is 0.700. The number of Topliss-reactive ketones (excluding diaryl/α,β-unsaturated/α-hetero) is 1. The molecular weight excluding hydrogens is 152 g/mol. The zero-order chi connectivity index (χ0) is 8.77. The molecule has 2 bridgehead atoms. The standard InChI is InChI=1S/C10H14O2/c1-7(11)9-6-8-2-4-10(9,12)5-3-8/h2,4,8-9,12H,3,5-6H2,1H3. The van der Waals surface area contributed by atoms with Gasteiger partial charge in [-0.05, 0) is 32.1 Å². The third-order valence-electron chi connectivity index (χ3n) is 3.21. The van der Waals surface area contributed by atoms with Crippen LogP contribution < -0.4 is 0 Å². The Labute approximate surface area is 72.3 Å². The van der Waals surface area contributed by atoms with Gasteiger partial charge in [-0.3, -0.25) is 4.79 Å². The smallest absolute Gasteiger partial charge is 0.136 e. The van der Waals surface area contributed by atoms with Crippen molar-refractivity contribution in [3.63, 3.8) is 0 Å². The summed E-state index contributed by atoms with van der Waals surface area (Å²) < 4.78 is 0. The van der Waals surface area contributed by atoms with E-state index >= 15 is 0 Å². The number of hydrogen-bond acceptors (Lipinski definition) is 2. The third kappa shape index (κ3) is 1.02. The van der Waals surface area contributed by atoms with Crippen LogP contribution in [0, 0.1) is 11.8 Å². The Bertz CT molecular complexity index is 244. The maximum Gasteiger partial charge on any atom is 0.136 e. The Morgan fingerprint density at radius 3 is 2.75 bits per heavy atom. The highest BCUT2D eigenvalue weighted by Crippen LogP contribution is 2.43. The van der Waals surface area contributed by atoms with Gasteiger partial charge in [0.1, 0.15) is 5.78 Å². The van der Waals surface area contributed by atoms with Crippen molar-refractivity contribution in [2.75, 3.05) is 0 Å². The number of rotatable bonds is 1. The van der Waals surface area contributed by atoms with Crippen molar-refractivity contribution in [3.05, 3.63) is 12.2 Å². The van der Waals surface area contributed by atoms with Crippen LogP contribution in [0.4, 0.5) is 0 Å². The second-order valence-electron chi connectivity index (χ2n) is 4.05. The number of ketones is 1. The van der Waals surface area contributed by atoms with Crippen molar-refractivity contribution in [1.29, 1.82) is 0 Å². The second kappa shape index (κ2) is 2.43. The van der Waals surface area contributed by atoms with Crippen molar-refractivity contribution < 1.29 is 9.90 Å². The zero-order valence-corrected chi connectivity index (χ0v) is 7.29. The molecule has 0 saturated heterocycles. The molecule has 0 radical (unpaired) electrons. The molecule has 0 heterocycles. The summed E-state index contributed by atoms with van der Waals surface area (Å²) in [7, 11) is 0. The molecule has 1 fully saturated rings. The van der Waals surface area contributed by atoms with E-state index in [-0.39, 0.29) is 11.7 Å². The van der Waals surface area contributed by atoms with Gasteiger partial charge in [-0.15, -0.1) is 0 Å². The molecule has 2 heteroatoms. The quantitative estimate of drug-likeness (QED) is 0.596. The van der Waals surface area contributed by atoms with E-state index in [1.54, 1.807) is 6.92 Å². The van der Waals surface area contributed by atoms with Crippen LogP contribution in [0.1, 0.15) is 26.2 Å². The molecule has 0 aromatic heterocycles. The van der Waals surface area contributed by atoms with Crippen LogP contribution >= 0.6 is 0 Å². The first-order valence-corrected chi connectivity index (χ1v) is 4.54. The Morgan fingerprint density at radius 1 is 1.67 bits per heavy atom. The number of hydrogen-bond donors (Lipinski definition) is 1. The summed E-state index contributed by atoms with van der Waals surface area (Å²) in [5.41, 5.74) is -0.805. The van der Waals surface area contributed by atoms with E-state index in [1.807, 2.05) is 6.08 Å². The largest absolute Gasteiger partial charge is 0.385 e. The molecule has 3 aliphatic rings. The van der Waals surface area contributed by atoms with E-state index in [9.17, 15) is 9.90 Å². The molecular formula is C10H14O2. The van der Waals surface area contributed by atoms with Crippen LogP contribution in [0.15, 0.2) is 12.2 Å². The third-order valence-corrected chi connectivity index (χ3v) is 3.21. The summed E-state index contributed by atoms with van der Waals surface area (Å²) in [5.74, 6) is 0.528. The van der Waals surface area contributed by atoms with Gasteiger partial charge in [-0.2, -0.15) is 0 Å². The topological polar surface area (TPSA) is 37.3 Å². The predicted molar refractivity (Wildman–Crippen MR) is 45.6 cm³/mol. The van der Waals surface area contributed by atoms with E-state index in [2.05, 4.69) is 6.08 Å². The lowest BCUT2D eigenvalue weighted by Gasteiger charge is -2.43. The molecule has 0 amide bonds. The highest BCUT2D eigenvalue weighted by molar-refractivity contribution is 5.80. The van der Waals surface area contributed by atoms with E-state index in [4.69, 9.17) is 0 Å². The summed E-state index contributed by atoms with van der Waals surface area (Å²) >= 11 is 0. The minimum Gasteiger partial charge on any atom is -0.385 e. The normalized spacial score (nSPS) is 44.8. The number of fused-ring (bicyclic) bond motifs is 2. The van der Waals surface area contributed by atoms with Crippen LogP contribution in [-0.4, -0.2) is 16.5 Å². The lowest BCUT2D eigenvalue weighted by molar-refractivity contribution is -0.131. The van der Waals surface area contributed by atoms with E-state index in [0.29, 0.717) is 5.92 Å². The molecule has 0 spiro atoms. The molecule has 0 aromatic carbocycles. The van der Waals surface area contributed by atoms with Crippen LogP contribution in [0.3, 0.4) is 0 Å². The minimum absolute atomic E-state index is 0.131. The van der Waals surface area contributed by atoms with Gasteiger partial charge in [-0.1, -0.05) is 12.2 Å². The lowest BCUT2D eigenvalue weighted by Crippen LogP contribution is -2.47. The summed E-state index contributed by atoms with van der Waals surface area (Å²) in [6, 6.07) is 0. The van der Waals surface area contributed by atoms with Gasteiger partial charge >= 0.3 is 0 Å². The number of allylic oxidation sites excluding steroid dienone is 1. The molecule has 3 unspecified atom stereocenters. The molecule has 1 saturated carbocycles. The average molecular weight is 166 g/mol. The Balaban J connectivity index is 2.30. The van der Waals surface area contributed by atoms with Crippen LogP contribution in [0.2, 0.25) is 0 Å². The van der Waals surface area contributed by atoms with Crippen molar-refractivity contribution in [1.82, 2.24) is 0 Å². The van der Waals surface area contributed by atoms with E-state index in [0.717, 1.165) is 19.3 Å². The number of carbonyl (C=O) groups excluding carboxylic acids is 1. The maximum absolute atomic E-state index is 11.2. The second-order valence-corrected chi connectivity index (χ2v) is 4.05. The molecule has 3 atom stereocenters. The van der Waals surface area contributed by atoms with Crippen LogP contribution in [0.25, 0.3) is 0 Å². The Hall–Kier alpha value is -0.630. The lowest BCUT2D eigenvalue weighted by atomic mass is 9.65. The summed E-state index contributed by atoms with van der Waals surface area (Å²) in [6.45, 7) is 1.58. The minimum atomic E-state index is -0.805. The SMILES string of the molecule is CC(=O)C1CC2C=CC1(O)CC2. The molecule has 12 heavy (non-hydrogen) atoms. The maximum atomic E-state index is 11.2. The van der Waals surface area contributed by atoms with Crippen LogP contribution in [0.5, 0.6) is 0 Å². The zero-order valence-electron chi connectivity index (χ0n) is 7.29. The van der Waals surface area contributed by atoms with Crippen molar-refractivity contribution in [3.8, 4) is 0 Å². The highest BCUT2D eigenvalue weighted by Gasteiger charge is 2.45. The summed E-state index contributed by atoms with van der Waals surface area (Å²) in [6.07, 6.45) is 6.54. The molecule has 3 aliphatic carbocycles. The molecule has 0 aliphatic heterocycles. The van der Waals surface area contributed by atoms with Crippen molar-refractivity contribution >= 4 is 5.78 Å². The number of carbonyl (C=O) groups is 1. The first-order chi connectivity index (χ1) is 5.62. The number of aliphatic hydroxyl groups is 1.